The van der Waals surface area contributed by atoms with Gasteiger partial charge in [-0.3, -0.25) is 4.99 Å². The molecule has 0 saturated heterocycles. The van der Waals surface area contributed by atoms with Gasteiger partial charge in [0.25, 0.3) is 0 Å². The Labute approximate surface area is 184 Å². The molecule has 158 valence electrons. The number of aliphatic hydroxyl groups is 1. The lowest BCUT2D eigenvalue weighted by Crippen LogP contribution is -2.53. The second kappa shape index (κ2) is 9.66. The molecule has 0 amide bonds. The Balaban J connectivity index is 0.00000300. The SMILES string of the molecule is CN=C(NCC(O)(c1ccccc1)C(F)(F)F)NC1CCOc2ccccc21.I. The Morgan fingerprint density at radius 1 is 1.14 bits per heavy atom. The van der Waals surface area contributed by atoms with Gasteiger partial charge in [0.15, 0.2) is 5.96 Å². The Hall–Kier alpha value is -2.01. The Morgan fingerprint density at radius 2 is 1.79 bits per heavy atom. The maximum absolute atomic E-state index is 13.6. The van der Waals surface area contributed by atoms with Gasteiger partial charge in [-0.1, -0.05) is 48.5 Å². The quantitative estimate of drug-likeness (QED) is 0.326. The molecule has 0 aromatic heterocycles. The van der Waals surface area contributed by atoms with Gasteiger partial charge >= 0.3 is 6.18 Å². The molecular formula is C20H23F3IN3O2. The predicted molar refractivity (Wildman–Crippen MR) is 116 cm³/mol. The lowest BCUT2D eigenvalue weighted by molar-refractivity contribution is -0.263. The van der Waals surface area contributed by atoms with Gasteiger partial charge < -0.3 is 20.5 Å². The number of hydrogen-bond donors (Lipinski definition) is 3. The van der Waals surface area contributed by atoms with E-state index in [4.69, 9.17) is 4.74 Å². The molecule has 0 aliphatic carbocycles. The third kappa shape index (κ3) is 5.13. The summed E-state index contributed by atoms with van der Waals surface area (Å²) in [5, 5.41) is 16.2. The maximum atomic E-state index is 13.6. The number of benzene rings is 2. The molecule has 5 nitrogen and oxygen atoms in total. The van der Waals surface area contributed by atoms with Crippen LogP contribution in [-0.4, -0.2) is 37.4 Å². The number of nitrogens with one attached hydrogen (secondary N) is 2. The van der Waals surface area contributed by atoms with E-state index in [2.05, 4.69) is 15.6 Å². The van der Waals surface area contributed by atoms with Gasteiger partial charge in [-0.15, -0.1) is 24.0 Å². The third-order valence-electron chi connectivity index (χ3n) is 4.73. The second-order valence-electron chi connectivity index (χ2n) is 6.52. The fraction of sp³-hybridized carbons (Fsp3) is 0.350. The zero-order valence-electron chi connectivity index (χ0n) is 15.7. The molecule has 3 rings (SSSR count). The van der Waals surface area contributed by atoms with Gasteiger partial charge in [0.05, 0.1) is 19.2 Å². The Kier molecular flexibility index (Phi) is 7.75. The van der Waals surface area contributed by atoms with E-state index in [0.29, 0.717) is 13.0 Å². The number of para-hydroxylation sites is 1. The smallest absolute Gasteiger partial charge is 0.423 e. The Bertz CT molecular complexity index is 833. The van der Waals surface area contributed by atoms with E-state index >= 15 is 0 Å². The van der Waals surface area contributed by atoms with Crippen LogP contribution in [0.3, 0.4) is 0 Å². The van der Waals surface area contributed by atoms with Gasteiger partial charge in [-0.25, -0.2) is 0 Å². The summed E-state index contributed by atoms with van der Waals surface area (Å²) in [5.41, 5.74) is -2.37. The van der Waals surface area contributed by atoms with E-state index in [1.54, 1.807) is 6.07 Å². The van der Waals surface area contributed by atoms with Gasteiger partial charge in [-0.05, 0) is 11.6 Å². The summed E-state index contributed by atoms with van der Waals surface area (Å²) in [6.07, 6.45) is -4.22. The van der Waals surface area contributed by atoms with E-state index in [1.807, 2.05) is 24.3 Å². The van der Waals surface area contributed by atoms with Gasteiger partial charge in [-0.2, -0.15) is 13.2 Å². The molecule has 29 heavy (non-hydrogen) atoms. The molecule has 1 heterocycles. The molecule has 2 atom stereocenters. The van der Waals surface area contributed by atoms with Crippen molar-refractivity contribution in [2.45, 2.75) is 24.2 Å². The number of rotatable bonds is 4. The zero-order chi connectivity index (χ0) is 20.2. The van der Waals surface area contributed by atoms with Crippen molar-refractivity contribution in [1.82, 2.24) is 10.6 Å². The normalized spacial score (nSPS) is 18.5. The number of guanidine groups is 1. The second-order valence-corrected chi connectivity index (χ2v) is 6.52. The van der Waals surface area contributed by atoms with Crippen molar-refractivity contribution in [3.8, 4) is 5.75 Å². The highest BCUT2D eigenvalue weighted by atomic mass is 127. The molecule has 0 spiro atoms. The molecule has 0 fully saturated rings. The highest BCUT2D eigenvalue weighted by Gasteiger charge is 2.55. The van der Waals surface area contributed by atoms with E-state index in [1.165, 1.54) is 31.3 Å². The van der Waals surface area contributed by atoms with Crippen LogP contribution in [-0.2, 0) is 5.60 Å². The van der Waals surface area contributed by atoms with Crippen molar-refractivity contribution in [2.24, 2.45) is 4.99 Å². The van der Waals surface area contributed by atoms with Crippen molar-refractivity contribution >= 4 is 29.9 Å². The predicted octanol–water partition coefficient (Wildman–Crippen LogP) is 3.74. The van der Waals surface area contributed by atoms with Crippen molar-refractivity contribution in [3.05, 3.63) is 65.7 Å². The van der Waals surface area contributed by atoms with Crippen LogP contribution < -0.4 is 15.4 Å². The lowest BCUT2D eigenvalue weighted by atomic mass is 9.93. The minimum Gasteiger partial charge on any atom is -0.493 e. The van der Waals surface area contributed by atoms with Crippen molar-refractivity contribution in [3.63, 3.8) is 0 Å². The summed E-state index contributed by atoms with van der Waals surface area (Å²) >= 11 is 0. The summed E-state index contributed by atoms with van der Waals surface area (Å²) in [6, 6.07) is 14.3. The molecule has 1 aliphatic rings. The molecule has 2 aromatic rings. The zero-order valence-corrected chi connectivity index (χ0v) is 18.1. The van der Waals surface area contributed by atoms with Crippen LogP contribution in [0.4, 0.5) is 13.2 Å². The summed E-state index contributed by atoms with van der Waals surface area (Å²) in [5.74, 6) is 0.901. The van der Waals surface area contributed by atoms with Crippen LogP contribution in [0.1, 0.15) is 23.6 Å². The highest BCUT2D eigenvalue weighted by molar-refractivity contribution is 14.0. The topological polar surface area (TPSA) is 65.9 Å². The van der Waals surface area contributed by atoms with Crippen LogP contribution in [0.25, 0.3) is 0 Å². The minimum absolute atomic E-state index is 0. The van der Waals surface area contributed by atoms with E-state index in [9.17, 15) is 18.3 Å². The molecule has 0 saturated carbocycles. The standard InChI is InChI=1S/C20H22F3N3O2.HI/c1-24-18(26-16-11-12-28-17-10-6-5-9-15(16)17)25-13-19(27,20(21,22)23)14-7-3-2-4-8-14;/h2-10,16,27H,11-13H2,1H3,(H2,24,25,26);1H. The van der Waals surface area contributed by atoms with Crippen LogP contribution in [0, 0.1) is 0 Å². The number of halogens is 4. The molecule has 2 unspecified atom stereocenters. The van der Waals surface area contributed by atoms with Crippen LogP contribution in [0.5, 0.6) is 5.75 Å². The van der Waals surface area contributed by atoms with Gasteiger partial charge in [0.2, 0.25) is 5.60 Å². The molecule has 9 heteroatoms. The molecule has 2 aromatic carbocycles. The van der Waals surface area contributed by atoms with Crippen LogP contribution in [0.15, 0.2) is 59.6 Å². The number of nitrogens with zero attached hydrogens (tertiary/aromatic N) is 1. The first-order valence-corrected chi connectivity index (χ1v) is 8.88. The lowest BCUT2D eigenvalue weighted by Gasteiger charge is -2.33. The first-order valence-electron chi connectivity index (χ1n) is 8.88. The van der Waals surface area contributed by atoms with Crippen molar-refractivity contribution < 1.29 is 23.0 Å². The third-order valence-corrected chi connectivity index (χ3v) is 4.73. The summed E-state index contributed by atoms with van der Waals surface area (Å²) in [7, 11) is 1.47. The average molecular weight is 521 g/mol. The van der Waals surface area contributed by atoms with Gasteiger partial charge in [0, 0.05) is 19.0 Å². The number of ether oxygens (including phenoxy) is 1. The number of alkyl halides is 3. The monoisotopic (exact) mass is 521 g/mol. The summed E-state index contributed by atoms with van der Waals surface area (Å²) in [6.45, 7) is -0.284. The van der Waals surface area contributed by atoms with Gasteiger partial charge in [0.1, 0.15) is 5.75 Å². The van der Waals surface area contributed by atoms with Crippen molar-refractivity contribution in [2.75, 3.05) is 20.2 Å². The molecule has 1 aliphatic heterocycles. The average Bonchev–Trinajstić information content (AvgIpc) is 2.70. The highest BCUT2D eigenvalue weighted by Crippen LogP contribution is 2.38. The van der Waals surface area contributed by atoms with Crippen LogP contribution in [0.2, 0.25) is 0 Å². The first-order chi connectivity index (χ1) is 13.3. The Morgan fingerprint density at radius 3 is 2.45 bits per heavy atom. The molecule has 0 radical (unpaired) electrons. The number of hydrogen-bond acceptors (Lipinski definition) is 3. The fourth-order valence-corrected chi connectivity index (χ4v) is 3.14. The van der Waals surface area contributed by atoms with E-state index in [0.717, 1.165) is 11.3 Å². The number of aliphatic imine (C=N–C) groups is 1. The largest absolute Gasteiger partial charge is 0.493 e. The summed E-state index contributed by atoms with van der Waals surface area (Å²) < 4.78 is 46.5. The summed E-state index contributed by atoms with van der Waals surface area (Å²) in [4.78, 5) is 4.01. The molecule has 0 bridgehead atoms. The first kappa shape index (κ1) is 23.3. The van der Waals surface area contributed by atoms with Crippen LogP contribution >= 0.6 is 24.0 Å². The van der Waals surface area contributed by atoms with E-state index in [-0.39, 0.29) is 41.5 Å². The fourth-order valence-electron chi connectivity index (χ4n) is 3.14. The minimum atomic E-state index is -4.86. The van der Waals surface area contributed by atoms with Crippen molar-refractivity contribution in [1.29, 1.82) is 0 Å². The van der Waals surface area contributed by atoms with E-state index < -0.39 is 18.3 Å². The number of fused-ring (bicyclic) bond motifs is 1. The molecular weight excluding hydrogens is 498 g/mol. The molecule has 3 N–H and O–H groups in total. The maximum Gasteiger partial charge on any atom is 0.423 e.